The van der Waals surface area contributed by atoms with Crippen LogP contribution in [-0.2, 0) is 0 Å². The molecule has 0 unspecified atom stereocenters. The maximum absolute atomic E-state index is 9.49. The summed E-state index contributed by atoms with van der Waals surface area (Å²) < 4.78 is 0. The van der Waals surface area contributed by atoms with E-state index in [1.165, 1.54) is 25.7 Å². The Labute approximate surface area is 117 Å². The normalized spacial score (nSPS) is 23.7. The van der Waals surface area contributed by atoms with Crippen molar-refractivity contribution >= 4 is 0 Å². The number of nitrogens with zero attached hydrogens (tertiary/aromatic N) is 2. The molecule has 0 bridgehead atoms. The first-order valence-electron chi connectivity index (χ1n) is 7.84. The number of nitriles is 1. The van der Waals surface area contributed by atoms with E-state index in [1.54, 1.807) is 5.57 Å². The summed E-state index contributed by atoms with van der Waals surface area (Å²) in [5, 5.41) is 13.0. The highest BCUT2D eigenvalue weighted by molar-refractivity contribution is 5.11. The lowest BCUT2D eigenvalue weighted by atomic mass is 9.88. The van der Waals surface area contributed by atoms with Crippen molar-refractivity contribution in [3.8, 4) is 6.07 Å². The lowest BCUT2D eigenvalue weighted by Gasteiger charge is -2.37. The van der Waals surface area contributed by atoms with Crippen LogP contribution in [0.15, 0.2) is 11.6 Å². The van der Waals surface area contributed by atoms with Gasteiger partial charge in [0.2, 0.25) is 0 Å². The van der Waals surface area contributed by atoms with Gasteiger partial charge in [-0.1, -0.05) is 18.6 Å². The summed E-state index contributed by atoms with van der Waals surface area (Å²) in [5.74, 6) is 0. The summed E-state index contributed by atoms with van der Waals surface area (Å²) >= 11 is 0. The van der Waals surface area contributed by atoms with Crippen LogP contribution < -0.4 is 5.32 Å². The highest BCUT2D eigenvalue weighted by Crippen LogP contribution is 2.23. The van der Waals surface area contributed by atoms with Crippen molar-refractivity contribution in [2.24, 2.45) is 0 Å². The average molecular weight is 261 g/mol. The standard InChI is InChI=1S/C16H27N3/c1-2-19-12-9-16(14-17,10-13-19)18-11-8-15-6-4-3-5-7-15/h6,18H,2-5,7-13H2,1H3. The molecule has 19 heavy (non-hydrogen) atoms. The molecule has 0 radical (unpaired) electrons. The van der Waals surface area contributed by atoms with Gasteiger partial charge in [-0.2, -0.15) is 5.26 Å². The molecule has 3 heteroatoms. The van der Waals surface area contributed by atoms with Crippen LogP contribution in [0.2, 0.25) is 0 Å². The monoisotopic (exact) mass is 261 g/mol. The van der Waals surface area contributed by atoms with Crippen LogP contribution in [0, 0.1) is 11.3 Å². The molecule has 0 saturated carbocycles. The molecular formula is C16H27N3. The first-order valence-corrected chi connectivity index (χ1v) is 7.84. The molecule has 0 aromatic rings. The van der Waals surface area contributed by atoms with E-state index in [9.17, 15) is 5.26 Å². The Morgan fingerprint density at radius 1 is 1.37 bits per heavy atom. The van der Waals surface area contributed by atoms with E-state index in [4.69, 9.17) is 0 Å². The molecule has 2 aliphatic rings. The number of rotatable bonds is 5. The fourth-order valence-electron chi connectivity index (χ4n) is 3.17. The molecule has 2 rings (SSSR count). The predicted molar refractivity (Wildman–Crippen MR) is 78.9 cm³/mol. The zero-order chi connectivity index (χ0) is 13.6. The van der Waals surface area contributed by atoms with E-state index in [1.807, 2.05) is 0 Å². The number of hydrogen-bond acceptors (Lipinski definition) is 3. The molecule has 106 valence electrons. The molecule has 1 fully saturated rings. The van der Waals surface area contributed by atoms with Crippen molar-refractivity contribution in [1.29, 1.82) is 5.26 Å². The van der Waals surface area contributed by atoms with Crippen molar-refractivity contribution in [2.45, 2.75) is 57.4 Å². The van der Waals surface area contributed by atoms with Gasteiger partial charge in [-0.25, -0.2) is 0 Å². The Morgan fingerprint density at radius 3 is 2.74 bits per heavy atom. The summed E-state index contributed by atoms with van der Waals surface area (Å²) in [6.07, 6.45) is 10.7. The minimum atomic E-state index is -0.263. The average Bonchev–Trinajstić information content (AvgIpc) is 2.49. The van der Waals surface area contributed by atoms with Gasteiger partial charge < -0.3 is 4.90 Å². The molecule has 1 aliphatic carbocycles. The van der Waals surface area contributed by atoms with Gasteiger partial charge in [-0.3, -0.25) is 5.32 Å². The zero-order valence-electron chi connectivity index (χ0n) is 12.2. The van der Waals surface area contributed by atoms with Crippen molar-refractivity contribution in [2.75, 3.05) is 26.2 Å². The third-order valence-corrected chi connectivity index (χ3v) is 4.67. The molecule has 1 saturated heterocycles. The molecule has 1 aliphatic heterocycles. The Morgan fingerprint density at radius 2 is 2.16 bits per heavy atom. The van der Waals surface area contributed by atoms with Gasteiger partial charge in [-0.15, -0.1) is 0 Å². The van der Waals surface area contributed by atoms with E-state index >= 15 is 0 Å². The Balaban J connectivity index is 1.76. The second kappa shape index (κ2) is 7.07. The number of allylic oxidation sites excluding steroid dienone is 1. The van der Waals surface area contributed by atoms with Crippen LogP contribution in [0.4, 0.5) is 0 Å². The summed E-state index contributed by atoms with van der Waals surface area (Å²) in [7, 11) is 0. The number of hydrogen-bond donors (Lipinski definition) is 1. The second-order valence-corrected chi connectivity index (χ2v) is 5.91. The van der Waals surface area contributed by atoms with Gasteiger partial charge in [0.15, 0.2) is 0 Å². The topological polar surface area (TPSA) is 39.1 Å². The highest BCUT2D eigenvalue weighted by atomic mass is 15.1. The van der Waals surface area contributed by atoms with Crippen LogP contribution in [0.25, 0.3) is 0 Å². The summed E-state index contributed by atoms with van der Waals surface area (Å²) in [6, 6.07) is 2.54. The third-order valence-electron chi connectivity index (χ3n) is 4.67. The molecule has 0 amide bonds. The summed E-state index contributed by atoms with van der Waals surface area (Å²) in [6.45, 7) is 6.38. The van der Waals surface area contributed by atoms with Crippen molar-refractivity contribution < 1.29 is 0 Å². The van der Waals surface area contributed by atoms with E-state index < -0.39 is 0 Å². The van der Waals surface area contributed by atoms with Crippen LogP contribution >= 0.6 is 0 Å². The molecule has 0 atom stereocenters. The maximum Gasteiger partial charge on any atom is 0.109 e. The number of nitrogens with one attached hydrogen (secondary N) is 1. The molecule has 1 heterocycles. The van der Waals surface area contributed by atoms with E-state index in [-0.39, 0.29) is 5.54 Å². The lowest BCUT2D eigenvalue weighted by Crippen LogP contribution is -2.52. The van der Waals surface area contributed by atoms with Crippen LogP contribution in [0.5, 0.6) is 0 Å². The largest absolute Gasteiger partial charge is 0.303 e. The van der Waals surface area contributed by atoms with Crippen molar-refractivity contribution in [3.05, 3.63) is 11.6 Å². The molecule has 0 aromatic carbocycles. The quantitative estimate of drug-likeness (QED) is 0.774. The Kier molecular flexibility index (Phi) is 5.42. The maximum atomic E-state index is 9.49. The molecule has 0 spiro atoms. The van der Waals surface area contributed by atoms with Crippen molar-refractivity contribution in [1.82, 2.24) is 10.2 Å². The molecular weight excluding hydrogens is 234 g/mol. The SMILES string of the molecule is CCN1CCC(C#N)(NCCC2=CCCCC2)CC1. The minimum absolute atomic E-state index is 0.263. The third kappa shape index (κ3) is 4.06. The number of piperidine rings is 1. The van der Waals surface area contributed by atoms with Gasteiger partial charge in [0.25, 0.3) is 0 Å². The fourth-order valence-corrected chi connectivity index (χ4v) is 3.17. The van der Waals surface area contributed by atoms with E-state index in [0.29, 0.717) is 0 Å². The first kappa shape index (κ1) is 14.6. The lowest BCUT2D eigenvalue weighted by molar-refractivity contribution is 0.174. The van der Waals surface area contributed by atoms with Gasteiger partial charge in [0.05, 0.1) is 6.07 Å². The van der Waals surface area contributed by atoms with Gasteiger partial charge in [0, 0.05) is 19.6 Å². The minimum Gasteiger partial charge on any atom is -0.303 e. The smallest absolute Gasteiger partial charge is 0.109 e. The van der Waals surface area contributed by atoms with Crippen LogP contribution in [-0.4, -0.2) is 36.6 Å². The number of likely N-dealkylation sites (tertiary alicyclic amines) is 1. The van der Waals surface area contributed by atoms with Gasteiger partial charge in [0.1, 0.15) is 5.54 Å². The van der Waals surface area contributed by atoms with Crippen molar-refractivity contribution in [3.63, 3.8) is 0 Å². The van der Waals surface area contributed by atoms with Crippen LogP contribution in [0.1, 0.15) is 51.9 Å². The fraction of sp³-hybridized carbons (Fsp3) is 0.812. The summed E-state index contributed by atoms with van der Waals surface area (Å²) in [5.41, 5.74) is 1.33. The van der Waals surface area contributed by atoms with Gasteiger partial charge in [-0.05, 0) is 51.5 Å². The summed E-state index contributed by atoms with van der Waals surface area (Å²) in [4.78, 5) is 2.43. The second-order valence-electron chi connectivity index (χ2n) is 5.91. The van der Waals surface area contributed by atoms with Gasteiger partial charge >= 0.3 is 0 Å². The zero-order valence-corrected chi connectivity index (χ0v) is 12.2. The Hall–Kier alpha value is -0.850. The van der Waals surface area contributed by atoms with Crippen LogP contribution in [0.3, 0.4) is 0 Å². The predicted octanol–water partition coefficient (Wildman–Crippen LogP) is 2.84. The van der Waals surface area contributed by atoms with E-state index in [0.717, 1.165) is 45.4 Å². The molecule has 3 nitrogen and oxygen atoms in total. The molecule has 0 aromatic heterocycles. The molecule has 1 N–H and O–H groups in total. The Bertz CT molecular complexity index is 345. The van der Waals surface area contributed by atoms with E-state index in [2.05, 4.69) is 29.3 Å². The first-order chi connectivity index (χ1) is 9.28. The highest BCUT2D eigenvalue weighted by Gasteiger charge is 2.33.